The molecule has 1 N–H and O–H groups in total. The van der Waals surface area contributed by atoms with E-state index in [1.54, 1.807) is 16.9 Å². The maximum absolute atomic E-state index is 12.2. The third-order valence-electron chi connectivity index (χ3n) is 3.29. The molecule has 7 heteroatoms. The highest BCUT2D eigenvalue weighted by molar-refractivity contribution is 5.92. The quantitative estimate of drug-likeness (QED) is 0.782. The first-order valence-electron chi connectivity index (χ1n) is 7.35. The molecule has 2 heterocycles. The third-order valence-corrected chi connectivity index (χ3v) is 3.29. The van der Waals surface area contributed by atoms with Crippen LogP contribution in [-0.4, -0.2) is 25.8 Å². The second-order valence-corrected chi connectivity index (χ2v) is 5.32. The molecule has 0 aliphatic rings. The van der Waals surface area contributed by atoms with E-state index in [-0.39, 0.29) is 18.5 Å². The molecule has 1 amide bonds. The van der Waals surface area contributed by atoms with Gasteiger partial charge < -0.3 is 9.84 Å². The number of nitrogens with zero attached hydrogens (tertiary/aromatic N) is 4. The van der Waals surface area contributed by atoms with Crippen molar-refractivity contribution in [1.82, 2.24) is 25.2 Å². The number of nitrogens with one attached hydrogen (secondary N) is 1. The molecule has 0 saturated carbocycles. The van der Waals surface area contributed by atoms with Crippen molar-refractivity contribution in [1.29, 1.82) is 0 Å². The van der Waals surface area contributed by atoms with Crippen LogP contribution < -0.4 is 5.32 Å². The monoisotopic (exact) mass is 311 g/mol. The summed E-state index contributed by atoms with van der Waals surface area (Å²) in [5, 5.41) is 10.8. The maximum Gasteiger partial charge on any atom is 0.269 e. The average Bonchev–Trinajstić information content (AvgIpc) is 3.23. The Morgan fingerprint density at radius 3 is 2.78 bits per heavy atom. The van der Waals surface area contributed by atoms with Gasteiger partial charge in [-0.25, -0.2) is 0 Å². The second-order valence-electron chi connectivity index (χ2n) is 5.32. The number of aromatic nitrogens is 4. The van der Waals surface area contributed by atoms with Crippen LogP contribution in [0, 0.1) is 0 Å². The Balaban J connectivity index is 1.66. The molecular formula is C16H17N5O2. The molecule has 0 spiro atoms. The van der Waals surface area contributed by atoms with Crippen molar-refractivity contribution in [2.24, 2.45) is 0 Å². The molecule has 3 rings (SSSR count). The van der Waals surface area contributed by atoms with E-state index in [0.717, 1.165) is 5.56 Å². The van der Waals surface area contributed by atoms with Crippen LogP contribution in [0.15, 0.2) is 47.1 Å². The summed E-state index contributed by atoms with van der Waals surface area (Å²) >= 11 is 0. The van der Waals surface area contributed by atoms with Crippen molar-refractivity contribution in [3.05, 3.63) is 54.1 Å². The van der Waals surface area contributed by atoms with Crippen molar-refractivity contribution in [3.8, 4) is 11.5 Å². The van der Waals surface area contributed by atoms with Gasteiger partial charge in [0.25, 0.3) is 11.8 Å². The van der Waals surface area contributed by atoms with Gasteiger partial charge in [0.2, 0.25) is 0 Å². The second kappa shape index (κ2) is 6.43. The topological polar surface area (TPSA) is 85.8 Å². The molecule has 0 aliphatic heterocycles. The number of amides is 1. The van der Waals surface area contributed by atoms with E-state index in [1.807, 2.05) is 44.2 Å². The maximum atomic E-state index is 12.2. The average molecular weight is 311 g/mol. The summed E-state index contributed by atoms with van der Waals surface area (Å²) in [6.45, 7) is 4.13. The predicted octanol–water partition coefficient (Wildman–Crippen LogP) is 2.44. The van der Waals surface area contributed by atoms with Gasteiger partial charge in [-0.2, -0.15) is 10.1 Å². The van der Waals surface area contributed by atoms with Gasteiger partial charge in [-0.1, -0.05) is 23.4 Å². The first-order chi connectivity index (χ1) is 11.1. The van der Waals surface area contributed by atoms with Gasteiger partial charge in [0.05, 0.1) is 6.54 Å². The minimum absolute atomic E-state index is 0.112. The molecule has 3 aromatic rings. The first kappa shape index (κ1) is 15.0. The molecule has 7 nitrogen and oxygen atoms in total. The summed E-state index contributed by atoms with van der Waals surface area (Å²) in [6, 6.07) is 11.3. The van der Waals surface area contributed by atoms with E-state index in [2.05, 4.69) is 20.6 Å². The largest absolute Gasteiger partial charge is 0.343 e. The first-order valence-corrected chi connectivity index (χ1v) is 7.35. The van der Waals surface area contributed by atoms with Gasteiger partial charge in [-0.05, 0) is 32.0 Å². The van der Waals surface area contributed by atoms with Crippen LogP contribution in [0.25, 0.3) is 11.5 Å². The molecule has 118 valence electrons. The van der Waals surface area contributed by atoms with E-state index < -0.39 is 0 Å². The van der Waals surface area contributed by atoms with Crippen LogP contribution in [0.2, 0.25) is 0 Å². The van der Waals surface area contributed by atoms with Crippen molar-refractivity contribution in [3.63, 3.8) is 0 Å². The minimum Gasteiger partial charge on any atom is -0.343 e. The number of rotatable bonds is 5. The fraction of sp³-hybridized carbons (Fsp3) is 0.250. The van der Waals surface area contributed by atoms with E-state index in [0.29, 0.717) is 17.4 Å². The normalized spacial score (nSPS) is 10.9. The highest BCUT2D eigenvalue weighted by Crippen LogP contribution is 2.16. The summed E-state index contributed by atoms with van der Waals surface area (Å²) < 4.78 is 6.87. The van der Waals surface area contributed by atoms with E-state index in [4.69, 9.17) is 4.52 Å². The lowest BCUT2D eigenvalue weighted by atomic mass is 10.2. The number of hydrogen-bond acceptors (Lipinski definition) is 5. The number of carbonyl (C=O) groups excluding carboxylic acids is 1. The van der Waals surface area contributed by atoms with Crippen LogP contribution in [0.4, 0.5) is 0 Å². The summed E-state index contributed by atoms with van der Waals surface area (Å²) in [4.78, 5) is 16.5. The Hall–Kier alpha value is -2.96. The SMILES string of the molecule is CC(C)n1nccc1C(=O)NCc1noc(-c2ccccc2)n1. The van der Waals surface area contributed by atoms with E-state index in [9.17, 15) is 4.79 Å². The van der Waals surface area contributed by atoms with Gasteiger partial charge in [-0.3, -0.25) is 9.48 Å². The van der Waals surface area contributed by atoms with E-state index >= 15 is 0 Å². The lowest BCUT2D eigenvalue weighted by Crippen LogP contribution is -2.26. The molecule has 0 unspecified atom stereocenters. The van der Waals surface area contributed by atoms with E-state index in [1.165, 1.54) is 0 Å². The Labute approximate surface area is 133 Å². The summed E-state index contributed by atoms with van der Waals surface area (Å²) in [6.07, 6.45) is 1.61. The molecule has 1 aromatic carbocycles. The van der Waals surface area contributed by atoms with Gasteiger partial charge in [0, 0.05) is 17.8 Å². The van der Waals surface area contributed by atoms with Crippen LogP contribution in [-0.2, 0) is 6.54 Å². The van der Waals surface area contributed by atoms with Gasteiger partial charge in [0.1, 0.15) is 5.69 Å². The summed E-state index contributed by atoms with van der Waals surface area (Å²) in [7, 11) is 0. The molecule has 0 aliphatic carbocycles. The molecule has 0 fully saturated rings. The summed E-state index contributed by atoms with van der Waals surface area (Å²) in [5.41, 5.74) is 1.35. The fourth-order valence-corrected chi connectivity index (χ4v) is 2.18. The van der Waals surface area contributed by atoms with Crippen LogP contribution in [0.1, 0.15) is 36.2 Å². The number of carbonyl (C=O) groups is 1. The Bertz CT molecular complexity index is 792. The van der Waals surface area contributed by atoms with Gasteiger partial charge >= 0.3 is 0 Å². The molecule has 2 aromatic heterocycles. The van der Waals surface area contributed by atoms with Crippen molar-refractivity contribution < 1.29 is 9.32 Å². The molecule has 0 saturated heterocycles. The highest BCUT2D eigenvalue weighted by Gasteiger charge is 2.15. The lowest BCUT2D eigenvalue weighted by molar-refractivity contribution is 0.0937. The molecule has 0 radical (unpaired) electrons. The fourth-order valence-electron chi connectivity index (χ4n) is 2.18. The lowest BCUT2D eigenvalue weighted by Gasteiger charge is -2.10. The third kappa shape index (κ3) is 3.28. The summed E-state index contributed by atoms with van der Waals surface area (Å²) in [5.74, 6) is 0.636. The van der Waals surface area contributed by atoms with Crippen LogP contribution in [0.5, 0.6) is 0 Å². The highest BCUT2D eigenvalue weighted by atomic mass is 16.5. The van der Waals surface area contributed by atoms with Crippen molar-refractivity contribution in [2.75, 3.05) is 0 Å². The number of hydrogen-bond donors (Lipinski definition) is 1. The zero-order valence-corrected chi connectivity index (χ0v) is 12.9. The Kier molecular flexibility index (Phi) is 4.18. The number of benzene rings is 1. The molecular weight excluding hydrogens is 294 g/mol. The molecule has 23 heavy (non-hydrogen) atoms. The molecule has 0 bridgehead atoms. The Morgan fingerprint density at radius 2 is 2.04 bits per heavy atom. The standard InChI is InChI=1S/C16H17N5O2/c1-11(2)21-13(8-9-18-21)15(22)17-10-14-19-16(23-20-14)12-6-4-3-5-7-12/h3-9,11H,10H2,1-2H3,(H,17,22). The molecule has 0 atom stereocenters. The van der Waals surface area contributed by atoms with Crippen molar-refractivity contribution in [2.45, 2.75) is 26.4 Å². The van der Waals surface area contributed by atoms with Crippen molar-refractivity contribution >= 4 is 5.91 Å². The van der Waals surface area contributed by atoms with Crippen LogP contribution in [0.3, 0.4) is 0 Å². The van der Waals surface area contributed by atoms with Crippen LogP contribution >= 0.6 is 0 Å². The Morgan fingerprint density at radius 1 is 1.26 bits per heavy atom. The zero-order chi connectivity index (χ0) is 16.2. The smallest absolute Gasteiger partial charge is 0.269 e. The van der Waals surface area contributed by atoms with Gasteiger partial charge in [-0.15, -0.1) is 0 Å². The minimum atomic E-state index is -0.220. The predicted molar refractivity (Wildman–Crippen MR) is 83.5 cm³/mol. The zero-order valence-electron chi connectivity index (χ0n) is 12.9. The van der Waals surface area contributed by atoms with Gasteiger partial charge in [0.15, 0.2) is 5.82 Å².